The molecule has 0 aliphatic carbocycles. The fourth-order valence-electron chi connectivity index (χ4n) is 2.57. The largest absolute Gasteiger partial charge is 0.356 e. The van der Waals surface area contributed by atoms with Crippen LogP contribution in [0.1, 0.15) is 18.4 Å². The molecule has 8 nitrogen and oxygen atoms in total. The molecule has 1 heterocycles. The number of nitro groups is 1. The minimum absolute atomic E-state index is 0. The maximum Gasteiger partial charge on any atom is 0.269 e. The minimum atomic E-state index is -2.96. The second-order valence-corrected chi connectivity index (χ2v) is 9.32. The number of thioether (sulfide) groups is 1. The van der Waals surface area contributed by atoms with E-state index in [0.29, 0.717) is 18.9 Å². The van der Waals surface area contributed by atoms with Gasteiger partial charge < -0.3 is 10.6 Å². The van der Waals surface area contributed by atoms with Crippen LogP contribution in [0.2, 0.25) is 0 Å². The average molecular weight is 528 g/mol. The van der Waals surface area contributed by atoms with E-state index in [1.165, 1.54) is 12.1 Å². The number of nitrogens with zero attached hydrogens (tertiary/aromatic N) is 2. The highest BCUT2D eigenvalue weighted by Gasteiger charge is 2.28. The second-order valence-electron chi connectivity index (χ2n) is 6.11. The molecule has 0 spiro atoms. The van der Waals surface area contributed by atoms with Crippen molar-refractivity contribution in [3.05, 3.63) is 39.9 Å². The van der Waals surface area contributed by atoms with Crippen LogP contribution in [0.25, 0.3) is 0 Å². The minimum Gasteiger partial charge on any atom is -0.356 e. The second kappa shape index (κ2) is 11.7. The zero-order valence-electron chi connectivity index (χ0n) is 15.1. The van der Waals surface area contributed by atoms with E-state index in [1.807, 2.05) is 6.26 Å². The number of benzene rings is 1. The van der Waals surface area contributed by atoms with Crippen molar-refractivity contribution in [1.82, 2.24) is 10.6 Å². The van der Waals surface area contributed by atoms with Crippen LogP contribution in [-0.2, 0) is 16.4 Å². The van der Waals surface area contributed by atoms with Crippen molar-refractivity contribution in [3.63, 3.8) is 0 Å². The molecule has 1 saturated heterocycles. The lowest BCUT2D eigenvalue weighted by molar-refractivity contribution is -0.384. The molecular formula is C16H25IN4O4S2. The molecule has 2 N–H and O–H groups in total. The van der Waals surface area contributed by atoms with Crippen molar-refractivity contribution in [2.75, 3.05) is 30.1 Å². The zero-order valence-corrected chi connectivity index (χ0v) is 19.1. The van der Waals surface area contributed by atoms with Crippen LogP contribution in [0.5, 0.6) is 0 Å². The highest BCUT2D eigenvalue weighted by atomic mass is 127. The van der Waals surface area contributed by atoms with E-state index in [1.54, 1.807) is 23.9 Å². The summed E-state index contributed by atoms with van der Waals surface area (Å²) in [6.07, 6.45) is 3.60. The Hall–Kier alpha value is -1.08. The summed E-state index contributed by atoms with van der Waals surface area (Å²) in [5.41, 5.74) is 0.891. The number of rotatable bonds is 8. The lowest BCUT2D eigenvalue weighted by Gasteiger charge is -2.16. The number of halogens is 1. The summed E-state index contributed by atoms with van der Waals surface area (Å²) in [6.45, 7) is 1.10. The van der Waals surface area contributed by atoms with Gasteiger partial charge in [-0.1, -0.05) is 12.1 Å². The number of aliphatic imine (C=N–C) groups is 1. The first kappa shape index (κ1) is 24.0. The Morgan fingerprint density at radius 2 is 2.07 bits per heavy atom. The van der Waals surface area contributed by atoms with Gasteiger partial charge in [-0.05, 0) is 30.4 Å². The molecule has 0 saturated carbocycles. The number of nitrogens with one attached hydrogen (secondary N) is 2. The number of sulfone groups is 1. The normalized spacial score (nSPS) is 18.6. The van der Waals surface area contributed by atoms with Crippen molar-refractivity contribution >= 4 is 57.2 Å². The molecule has 2 rings (SSSR count). The van der Waals surface area contributed by atoms with Crippen LogP contribution in [-0.4, -0.2) is 55.4 Å². The predicted molar refractivity (Wildman–Crippen MR) is 121 cm³/mol. The van der Waals surface area contributed by atoms with Gasteiger partial charge in [-0.3, -0.25) is 10.1 Å². The number of guanidine groups is 1. The standard InChI is InChI=1S/C16H24N4O4S2.HI/c1-25-9-2-8-17-16(19-14-7-10-26(23,24)12-14)18-11-13-3-5-15(6-4-13)20(21)22;/h3-6,14H,2,7-12H2,1H3,(H2,17,18,19);1H. The molecule has 11 heteroatoms. The van der Waals surface area contributed by atoms with Crippen LogP contribution in [0, 0.1) is 10.1 Å². The van der Waals surface area contributed by atoms with Gasteiger partial charge in [-0.15, -0.1) is 24.0 Å². The third kappa shape index (κ3) is 8.64. The Kier molecular flexibility index (Phi) is 10.4. The van der Waals surface area contributed by atoms with E-state index in [9.17, 15) is 18.5 Å². The number of hydrogen-bond acceptors (Lipinski definition) is 6. The first-order valence-corrected chi connectivity index (χ1v) is 11.6. The summed E-state index contributed by atoms with van der Waals surface area (Å²) in [5, 5.41) is 17.1. The van der Waals surface area contributed by atoms with Gasteiger partial charge in [0.05, 0.1) is 23.0 Å². The maximum absolute atomic E-state index is 11.6. The van der Waals surface area contributed by atoms with Gasteiger partial charge in [-0.25, -0.2) is 13.4 Å². The molecule has 1 fully saturated rings. The Morgan fingerprint density at radius 3 is 2.63 bits per heavy atom. The molecule has 27 heavy (non-hydrogen) atoms. The van der Waals surface area contributed by atoms with E-state index in [2.05, 4.69) is 15.6 Å². The van der Waals surface area contributed by atoms with E-state index < -0.39 is 14.8 Å². The highest BCUT2D eigenvalue weighted by Crippen LogP contribution is 2.13. The topological polar surface area (TPSA) is 114 Å². The fourth-order valence-corrected chi connectivity index (χ4v) is 4.68. The monoisotopic (exact) mass is 528 g/mol. The van der Waals surface area contributed by atoms with Crippen LogP contribution >= 0.6 is 35.7 Å². The van der Waals surface area contributed by atoms with Gasteiger partial charge in [0.2, 0.25) is 0 Å². The molecule has 0 radical (unpaired) electrons. The highest BCUT2D eigenvalue weighted by molar-refractivity contribution is 14.0. The Bertz CT molecular complexity index is 741. The molecule has 1 aromatic carbocycles. The van der Waals surface area contributed by atoms with Crippen LogP contribution in [0.3, 0.4) is 0 Å². The van der Waals surface area contributed by atoms with Crippen molar-refractivity contribution < 1.29 is 13.3 Å². The molecule has 152 valence electrons. The molecule has 1 atom stereocenters. The summed E-state index contributed by atoms with van der Waals surface area (Å²) >= 11 is 1.77. The molecule has 1 aliphatic heterocycles. The molecule has 0 bridgehead atoms. The molecule has 1 aliphatic rings. The van der Waals surface area contributed by atoms with E-state index >= 15 is 0 Å². The smallest absolute Gasteiger partial charge is 0.269 e. The quantitative estimate of drug-likeness (QED) is 0.133. The van der Waals surface area contributed by atoms with Crippen LogP contribution in [0.4, 0.5) is 5.69 Å². The summed E-state index contributed by atoms with van der Waals surface area (Å²) in [6, 6.07) is 6.12. The van der Waals surface area contributed by atoms with Gasteiger partial charge in [0, 0.05) is 24.7 Å². The third-order valence-electron chi connectivity index (χ3n) is 3.96. The maximum atomic E-state index is 11.6. The summed E-state index contributed by atoms with van der Waals surface area (Å²) in [7, 11) is -2.96. The van der Waals surface area contributed by atoms with Gasteiger partial charge in [-0.2, -0.15) is 11.8 Å². The summed E-state index contributed by atoms with van der Waals surface area (Å²) in [4.78, 5) is 14.8. The first-order chi connectivity index (χ1) is 12.4. The number of hydrogen-bond donors (Lipinski definition) is 2. The van der Waals surface area contributed by atoms with Gasteiger partial charge >= 0.3 is 0 Å². The molecule has 0 amide bonds. The van der Waals surface area contributed by atoms with Gasteiger partial charge in [0.15, 0.2) is 15.8 Å². The molecule has 0 aromatic heterocycles. The fraction of sp³-hybridized carbons (Fsp3) is 0.562. The summed E-state index contributed by atoms with van der Waals surface area (Å²) < 4.78 is 23.3. The zero-order chi connectivity index (χ0) is 19.0. The van der Waals surface area contributed by atoms with Crippen molar-refractivity contribution in [3.8, 4) is 0 Å². The van der Waals surface area contributed by atoms with E-state index in [0.717, 1.165) is 24.3 Å². The van der Waals surface area contributed by atoms with Gasteiger partial charge in [0.25, 0.3) is 5.69 Å². The lowest BCUT2D eigenvalue weighted by Crippen LogP contribution is -2.44. The van der Waals surface area contributed by atoms with Crippen molar-refractivity contribution in [2.24, 2.45) is 4.99 Å². The third-order valence-corrected chi connectivity index (χ3v) is 6.42. The Labute approximate surface area is 181 Å². The van der Waals surface area contributed by atoms with Crippen molar-refractivity contribution in [1.29, 1.82) is 0 Å². The predicted octanol–water partition coefficient (Wildman–Crippen LogP) is 2.19. The van der Waals surface area contributed by atoms with E-state index in [-0.39, 0.29) is 47.2 Å². The van der Waals surface area contributed by atoms with Gasteiger partial charge in [0.1, 0.15) is 0 Å². The molecule has 1 unspecified atom stereocenters. The number of non-ortho nitro benzene ring substituents is 1. The molecule has 1 aromatic rings. The van der Waals surface area contributed by atoms with Crippen LogP contribution < -0.4 is 10.6 Å². The molecular weight excluding hydrogens is 503 g/mol. The Morgan fingerprint density at radius 1 is 1.37 bits per heavy atom. The number of nitro benzene ring substituents is 1. The Balaban J connectivity index is 0.00000364. The van der Waals surface area contributed by atoms with Crippen LogP contribution in [0.15, 0.2) is 29.3 Å². The average Bonchev–Trinajstić information content (AvgIpc) is 2.95. The van der Waals surface area contributed by atoms with Crippen molar-refractivity contribution in [2.45, 2.75) is 25.4 Å². The lowest BCUT2D eigenvalue weighted by atomic mass is 10.2. The SMILES string of the molecule is CSCCCNC(=NCc1ccc([N+](=O)[O-])cc1)NC1CCS(=O)(=O)C1.I. The summed E-state index contributed by atoms with van der Waals surface area (Å²) in [5.74, 6) is 1.93. The first-order valence-electron chi connectivity index (χ1n) is 8.37. The van der Waals surface area contributed by atoms with E-state index in [4.69, 9.17) is 0 Å².